The number of hydroxylamine groups is 2. The van der Waals surface area contributed by atoms with Crippen molar-refractivity contribution in [2.45, 2.75) is 24.8 Å². The van der Waals surface area contributed by atoms with E-state index in [0.29, 0.717) is 19.0 Å². The van der Waals surface area contributed by atoms with E-state index in [1.807, 2.05) is 24.3 Å². The topological polar surface area (TPSA) is 104 Å². The van der Waals surface area contributed by atoms with Crippen LogP contribution in [0.3, 0.4) is 0 Å². The van der Waals surface area contributed by atoms with Crippen molar-refractivity contribution in [3.8, 4) is 5.75 Å². The quantitative estimate of drug-likeness (QED) is 0.713. The molecule has 0 N–H and O–H groups in total. The van der Waals surface area contributed by atoms with Crippen molar-refractivity contribution in [3.05, 3.63) is 48.3 Å². The summed E-state index contributed by atoms with van der Waals surface area (Å²) < 4.78 is 10.5. The number of rotatable bonds is 5. The molecule has 2 aliphatic rings. The molecular weight excluding hydrogens is 364 g/mol. The molecule has 1 amide bonds. The third-order valence-corrected chi connectivity index (χ3v) is 5.00. The number of nitrogens with zero attached hydrogens (tertiary/aromatic N) is 4. The molecule has 3 atom stereocenters. The SMILES string of the molecule is COC(=O)C[C@H](CC(=O)N1OC[C@H]2COc3ccccc3[C@H]21)c1ncncn1. The van der Waals surface area contributed by atoms with E-state index >= 15 is 0 Å². The van der Waals surface area contributed by atoms with Crippen LogP contribution in [0.15, 0.2) is 36.9 Å². The highest BCUT2D eigenvalue weighted by Gasteiger charge is 2.44. The summed E-state index contributed by atoms with van der Waals surface area (Å²) in [5, 5.41) is 1.41. The van der Waals surface area contributed by atoms with Gasteiger partial charge in [0.1, 0.15) is 24.2 Å². The molecule has 0 saturated carbocycles. The van der Waals surface area contributed by atoms with Gasteiger partial charge in [-0.2, -0.15) is 0 Å². The monoisotopic (exact) mass is 384 g/mol. The Morgan fingerprint density at radius 3 is 2.79 bits per heavy atom. The average molecular weight is 384 g/mol. The van der Waals surface area contributed by atoms with E-state index in [1.54, 1.807) is 0 Å². The first-order valence-corrected chi connectivity index (χ1v) is 9.02. The normalized spacial score (nSPS) is 21.2. The van der Waals surface area contributed by atoms with Crippen molar-refractivity contribution >= 4 is 11.9 Å². The second-order valence-electron chi connectivity index (χ2n) is 6.75. The lowest BCUT2D eigenvalue weighted by atomic mass is 9.91. The molecule has 9 heteroatoms. The van der Waals surface area contributed by atoms with Crippen LogP contribution in [0, 0.1) is 5.92 Å². The number of esters is 1. The number of hydrogen-bond acceptors (Lipinski definition) is 8. The number of fused-ring (bicyclic) bond motifs is 3. The summed E-state index contributed by atoms with van der Waals surface area (Å²) in [5.74, 6) is -0.00312. The maximum Gasteiger partial charge on any atom is 0.306 e. The lowest BCUT2D eigenvalue weighted by Gasteiger charge is -2.31. The van der Waals surface area contributed by atoms with Crippen molar-refractivity contribution in [2.75, 3.05) is 20.3 Å². The van der Waals surface area contributed by atoms with Crippen LogP contribution in [0.5, 0.6) is 5.75 Å². The minimum atomic E-state index is -0.527. The van der Waals surface area contributed by atoms with E-state index < -0.39 is 11.9 Å². The van der Waals surface area contributed by atoms with Crippen LogP contribution in [-0.2, 0) is 19.2 Å². The second kappa shape index (κ2) is 7.89. The molecule has 1 saturated heterocycles. The van der Waals surface area contributed by atoms with Crippen LogP contribution in [0.25, 0.3) is 0 Å². The molecule has 4 rings (SSSR count). The first-order chi connectivity index (χ1) is 13.7. The maximum absolute atomic E-state index is 13.1. The standard InChI is InChI=1S/C19H20N4O5/c1-26-17(25)7-12(19-21-10-20-11-22-19)6-16(24)23-18-13(9-28-23)8-27-15-5-3-2-4-14(15)18/h2-5,10-13,18H,6-9H2,1H3/t12-,13+,18-/m0/s1. The van der Waals surface area contributed by atoms with Gasteiger partial charge in [0.15, 0.2) is 0 Å². The number of hydrogen-bond donors (Lipinski definition) is 0. The molecule has 0 aliphatic carbocycles. The fourth-order valence-electron chi connectivity index (χ4n) is 3.64. The van der Waals surface area contributed by atoms with Gasteiger partial charge in [-0.15, -0.1) is 0 Å². The number of para-hydroxylation sites is 1. The number of carbonyl (C=O) groups is 2. The molecule has 9 nitrogen and oxygen atoms in total. The third kappa shape index (κ3) is 3.53. The van der Waals surface area contributed by atoms with Crippen molar-refractivity contribution in [3.63, 3.8) is 0 Å². The first-order valence-electron chi connectivity index (χ1n) is 9.02. The number of amides is 1. The minimum Gasteiger partial charge on any atom is -0.493 e. The molecule has 3 heterocycles. The fourth-order valence-corrected chi connectivity index (χ4v) is 3.64. The summed E-state index contributed by atoms with van der Waals surface area (Å²) in [5.41, 5.74) is 0.925. The molecule has 1 aromatic heterocycles. The Morgan fingerprint density at radius 1 is 1.21 bits per heavy atom. The summed E-state index contributed by atoms with van der Waals surface area (Å²) in [6.07, 6.45) is 2.70. The van der Waals surface area contributed by atoms with Gasteiger partial charge in [-0.1, -0.05) is 18.2 Å². The van der Waals surface area contributed by atoms with Crippen LogP contribution in [0.2, 0.25) is 0 Å². The highest BCUT2D eigenvalue weighted by molar-refractivity contribution is 5.78. The van der Waals surface area contributed by atoms with Crippen LogP contribution in [0.4, 0.5) is 0 Å². The van der Waals surface area contributed by atoms with E-state index in [0.717, 1.165) is 11.3 Å². The summed E-state index contributed by atoms with van der Waals surface area (Å²) in [6.45, 7) is 0.892. The summed E-state index contributed by atoms with van der Waals surface area (Å²) >= 11 is 0. The van der Waals surface area contributed by atoms with E-state index in [2.05, 4.69) is 15.0 Å². The number of methoxy groups -OCH3 is 1. The molecule has 146 valence electrons. The molecule has 28 heavy (non-hydrogen) atoms. The highest BCUT2D eigenvalue weighted by Crippen LogP contribution is 2.43. The molecule has 2 aliphatic heterocycles. The van der Waals surface area contributed by atoms with Gasteiger partial charge in [0.05, 0.1) is 32.8 Å². The Hall–Kier alpha value is -3.07. The van der Waals surface area contributed by atoms with Gasteiger partial charge in [-0.05, 0) is 6.07 Å². The Kier molecular flexibility index (Phi) is 5.16. The molecular formula is C19H20N4O5. The van der Waals surface area contributed by atoms with Gasteiger partial charge in [0, 0.05) is 23.8 Å². The Labute approximate surface area is 161 Å². The van der Waals surface area contributed by atoms with Crippen LogP contribution in [-0.4, -0.2) is 52.2 Å². The van der Waals surface area contributed by atoms with Gasteiger partial charge >= 0.3 is 5.97 Å². The van der Waals surface area contributed by atoms with E-state index in [9.17, 15) is 9.59 Å². The molecule has 1 aromatic carbocycles. The highest BCUT2D eigenvalue weighted by atomic mass is 16.7. The zero-order valence-electron chi connectivity index (χ0n) is 15.4. The molecule has 0 spiro atoms. The molecule has 1 fully saturated rings. The zero-order chi connectivity index (χ0) is 19.5. The van der Waals surface area contributed by atoms with Crippen molar-refractivity contribution in [2.24, 2.45) is 5.92 Å². The summed E-state index contributed by atoms with van der Waals surface area (Å²) in [6, 6.07) is 7.43. The van der Waals surface area contributed by atoms with Crippen molar-refractivity contribution in [1.29, 1.82) is 0 Å². The smallest absolute Gasteiger partial charge is 0.306 e. The summed E-state index contributed by atoms with van der Waals surface area (Å²) in [7, 11) is 1.31. The lowest BCUT2D eigenvalue weighted by molar-refractivity contribution is -0.178. The number of aromatic nitrogens is 3. The van der Waals surface area contributed by atoms with Gasteiger partial charge in [-0.3, -0.25) is 14.4 Å². The van der Waals surface area contributed by atoms with Crippen molar-refractivity contribution in [1.82, 2.24) is 20.0 Å². The van der Waals surface area contributed by atoms with Gasteiger partial charge < -0.3 is 9.47 Å². The zero-order valence-corrected chi connectivity index (χ0v) is 15.4. The molecule has 0 bridgehead atoms. The number of carbonyl (C=O) groups excluding carboxylic acids is 2. The Bertz CT molecular complexity index is 862. The van der Waals surface area contributed by atoms with Gasteiger partial charge in [-0.25, -0.2) is 20.0 Å². The largest absolute Gasteiger partial charge is 0.493 e. The van der Waals surface area contributed by atoms with E-state index in [4.69, 9.17) is 14.3 Å². The first kappa shape index (κ1) is 18.3. The molecule has 0 radical (unpaired) electrons. The maximum atomic E-state index is 13.1. The molecule has 0 unspecified atom stereocenters. The fraction of sp³-hybridized carbons (Fsp3) is 0.421. The van der Waals surface area contributed by atoms with Gasteiger partial charge in [0.25, 0.3) is 0 Å². The number of ether oxygens (including phenoxy) is 2. The van der Waals surface area contributed by atoms with E-state index in [1.165, 1.54) is 24.8 Å². The Morgan fingerprint density at radius 2 is 2.00 bits per heavy atom. The summed E-state index contributed by atoms with van der Waals surface area (Å²) in [4.78, 5) is 42.6. The van der Waals surface area contributed by atoms with Gasteiger partial charge in [0.2, 0.25) is 5.91 Å². The molecule has 2 aromatic rings. The third-order valence-electron chi connectivity index (χ3n) is 5.00. The van der Waals surface area contributed by atoms with Crippen LogP contribution < -0.4 is 4.74 Å². The van der Waals surface area contributed by atoms with Crippen molar-refractivity contribution < 1.29 is 23.9 Å². The predicted octanol–water partition coefficient (Wildman–Crippen LogP) is 1.43. The second-order valence-corrected chi connectivity index (χ2v) is 6.75. The van der Waals surface area contributed by atoms with E-state index in [-0.39, 0.29) is 30.7 Å². The van der Waals surface area contributed by atoms with Crippen LogP contribution >= 0.6 is 0 Å². The Balaban J connectivity index is 1.56. The van der Waals surface area contributed by atoms with Crippen LogP contribution in [0.1, 0.15) is 36.2 Å². The minimum absolute atomic E-state index is 0.00606. The average Bonchev–Trinajstić information content (AvgIpc) is 3.18. The number of benzene rings is 1. The predicted molar refractivity (Wildman–Crippen MR) is 94.8 cm³/mol. The lowest BCUT2D eigenvalue weighted by Crippen LogP contribution is -2.35.